The van der Waals surface area contributed by atoms with Gasteiger partial charge < -0.3 is 5.73 Å². The van der Waals surface area contributed by atoms with E-state index in [1.165, 1.54) is 11.3 Å². The second kappa shape index (κ2) is 3.12. The number of nitriles is 1. The molecule has 3 nitrogen and oxygen atoms in total. The summed E-state index contributed by atoms with van der Waals surface area (Å²) >= 11 is 3.56. The standard InChI is InChI=1S/C8H4IN3S/c9-5-1-4(3-10)2-6-7(5)12-8(11)13-6/h1-2H,(H2,11,12). The molecule has 13 heavy (non-hydrogen) atoms. The predicted molar refractivity (Wildman–Crippen MR) is 61.5 cm³/mol. The summed E-state index contributed by atoms with van der Waals surface area (Å²) < 4.78 is 1.94. The van der Waals surface area contributed by atoms with Crippen LogP contribution in [0.5, 0.6) is 0 Å². The van der Waals surface area contributed by atoms with E-state index in [0.29, 0.717) is 10.7 Å². The van der Waals surface area contributed by atoms with Gasteiger partial charge in [0.15, 0.2) is 5.13 Å². The molecule has 64 valence electrons. The quantitative estimate of drug-likeness (QED) is 0.760. The molecule has 1 aromatic heterocycles. The van der Waals surface area contributed by atoms with Crippen molar-refractivity contribution in [1.82, 2.24) is 4.98 Å². The fourth-order valence-electron chi connectivity index (χ4n) is 1.07. The minimum absolute atomic E-state index is 0.544. The summed E-state index contributed by atoms with van der Waals surface area (Å²) in [5.74, 6) is 0. The van der Waals surface area contributed by atoms with Crippen molar-refractivity contribution in [3.8, 4) is 6.07 Å². The van der Waals surface area contributed by atoms with Gasteiger partial charge in [-0.1, -0.05) is 11.3 Å². The number of nitrogens with zero attached hydrogens (tertiary/aromatic N) is 2. The number of nitrogens with two attached hydrogens (primary N) is 1. The van der Waals surface area contributed by atoms with E-state index in [9.17, 15) is 0 Å². The molecule has 2 rings (SSSR count). The number of halogens is 1. The van der Waals surface area contributed by atoms with Crippen molar-refractivity contribution in [2.45, 2.75) is 0 Å². The summed E-state index contributed by atoms with van der Waals surface area (Å²) in [6, 6.07) is 5.72. The highest BCUT2D eigenvalue weighted by Gasteiger charge is 2.06. The summed E-state index contributed by atoms with van der Waals surface area (Å²) in [6.07, 6.45) is 0. The lowest BCUT2D eigenvalue weighted by atomic mass is 10.2. The molecule has 0 unspecified atom stereocenters. The number of fused-ring (bicyclic) bond motifs is 1. The molecule has 0 amide bonds. The number of rotatable bonds is 0. The topological polar surface area (TPSA) is 62.7 Å². The van der Waals surface area contributed by atoms with E-state index in [1.807, 2.05) is 12.1 Å². The van der Waals surface area contributed by atoms with E-state index in [0.717, 1.165) is 13.8 Å². The number of hydrogen-bond donors (Lipinski definition) is 1. The third-order valence-electron chi connectivity index (χ3n) is 1.59. The number of nitrogen functional groups attached to an aromatic ring is 1. The highest BCUT2D eigenvalue weighted by molar-refractivity contribution is 14.1. The van der Waals surface area contributed by atoms with Crippen molar-refractivity contribution in [1.29, 1.82) is 5.26 Å². The minimum Gasteiger partial charge on any atom is -0.375 e. The van der Waals surface area contributed by atoms with Crippen LogP contribution in [-0.2, 0) is 0 Å². The van der Waals surface area contributed by atoms with Crippen LogP contribution in [0, 0.1) is 14.9 Å². The lowest BCUT2D eigenvalue weighted by molar-refractivity contribution is 1.46. The molecule has 0 aliphatic carbocycles. The van der Waals surface area contributed by atoms with Gasteiger partial charge in [0.05, 0.1) is 21.8 Å². The SMILES string of the molecule is N#Cc1cc(I)c2nc(N)sc2c1. The molecule has 0 bridgehead atoms. The molecule has 0 spiro atoms. The van der Waals surface area contributed by atoms with Gasteiger partial charge >= 0.3 is 0 Å². The highest BCUT2D eigenvalue weighted by atomic mass is 127. The Morgan fingerprint density at radius 2 is 2.31 bits per heavy atom. The van der Waals surface area contributed by atoms with E-state index in [1.54, 1.807) is 0 Å². The van der Waals surface area contributed by atoms with Crippen molar-refractivity contribution in [2.24, 2.45) is 0 Å². The third-order valence-corrected chi connectivity index (χ3v) is 3.25. The van der Waals surface area contributed by atoms with Crippen LogP contribution >= 0.6 is 33.9 Å². The molecule has 0 aliphatic heterocycles. The lowest BCUT2D eigenvalue weighted by Gasteiger charge is -1.92. The Labute approximate surface area is 92.3 Å². The van der Waals surface area contributed by atoms with Crippen LogP contribution < -0.4 is 5.73 Å². The molecule has 2 aromatic rings. The van der Waals surface area contributed by atoms with E-state index in [2.05, 4.69) is 33.6 Å². The van der Waals surface area contributed by atoms with Crippen LogP contribution in [0.2, 0.25) is 0 Å². The van der Waals surface area contributed by atoms with Gasteiger partial charge in [-0.3, -0.25) is 0 Å². The molecule has 5 heteroatoms. The molecular weight excluding hydrogens is 297 g/mol. The van der Waals surface area contributed by atoms with Crippen LogP contribution in [0.4, 0.5) is 5.13 Å². The largest absolute Gasteiger partial charge is 0.375 e. The molecule has 0 atom stereocenters. The molecular formula is C8H4IN3S. The number of benzene rings is 1. The van der Waals surface area contributed by atoms with Crippen LogP contribution in [0.3, 0.4) is 0 Å². The Kier molecular flexibility index (Phi) is 2.09. The van der Waals surface area contributed by atoms with Gasteiger partial charge in [-0.25, -0.2) is 4.98 Å². The van der Waals surface area contributed by atoms with Gasteiger partial charge in [0.2, 0.25) is 0 Å². The van der Waals surface area contributed by atoms with E-state index < -0.39 is 0 Å². The first-order valence-electron chi connectivity index (χ1n) is 3.46. The van der Waals surface area contributed by atoms with Crippen LogP contribution in [0.25, 0.3) is 10.2 Å². The Bertz CT molecular complexity index is 512. The van der Waals surface area contributed by atoms with Gasteiger partial charge in [-0.15, -0.1) is 0 Å². The Morgan fingerprint density at radius 1 is 1.54 bits per heavy atom. The third kappa shape index (κ3) is 1.47. The van der Waals surface area contributed by atoms with Gasteiger partial charge in [0.25, 0.3) is 0 Å². The number of thiazole rings is 1. The smallest absolute Gasteiger partial charge is 0.181 e. The average Bonchev–Trinajstić information content (AvgIpc) is 2.46. The second-order valence-corrected chi connectivity index (χ2v) is 4.69. The Morgan fingerprint density at radius 3 is 3.00 bits per heavy atom. The highest BCUT2D eigenvalue weighted by Crippen LogP contribution is 2.28. The number of aromatic nitrogens is 1. The van der Waals surface area contributed by atoms with Crippen LogP contribution in [0.15, 0.2) is 12.1 Å². The summed E-state index contributed by atoms with van der Waals surface area (Å²) in [5.41, 5.74) is 7.12. The van der Waals surface area contributed by atoms with Crippen molar-refractivity contribution in [3.05, 3.63) is 21.3 Å². The molecule has 0 saturated carbocycles. The fraction of sp³-hybridized carbons (Fsp3) is 0. The second-order valence-electron chi connectivity index (χ2n) is 2.47. The monoisotopic (exact) mass is 301 g/mol. The minimum atomic E-state index is 0.544. The van der Waals surface area contributed by atoms with Crippen molar-refractivity contribution in [3.63, 3.8) is 0 Å². The number of anilines is 1. The first-order chi connectivity index (χ1) is 6.20. The van der Waals surface area contributed by atoms with Gasteiger partial charge in [0, 0.05) is 3.57 Å². The van der Waals surface area contributed by atoms with E-state index >= 15 is 0 Å². The van der Waals surface area contributed by atoms with Crippen molar-refractivity contribution >= 4 is 49.3 Å². The average molecular weight is 301 g/mol. The first-order valence-corrected chi connectivity index (χ1v) is 5.36. The van der Waals surface area contributed by atoms with E-state index in [4.69, 9.17) is 11.0 Å². The van der Waals surface area contributed by atoms with Crippen molar-refractivity contribution < 1.29 is 0 Å². The fourth-order valence-corrected chi connectivity index (χ4v) is 2.80. The zero-order chi connectivity index (χ0) is 9.42. The first kappa shape index (κ1) is 8.72. The molecule has 1 heterocycles. The maximum atomic E-state index is 8.73. The lowest BCUT2D eigenvalue weighted by Crippen LogP contribution is -1.82. The van der Waals surface area contributed by atoms with Crippen LogP contribution in [0.1, 0.15) is 5.56 Å². The Hall–Kier alpha value is -0.870. The summed E-state index contributed by atoms with van der Waals surface area (Å²) in [6.45, 7) is 0. The van der Waals surface area contributed by atoms with Crippen molar-refractivity contribution in [2.75, 3.05) is 5.73 Å². The number of hydrogen-bond acceptors (Lipinski definition) is 4. The molecule has 2 N–H and O–H groups in total. The molecule has 0 aliphatic rings. The Balaban J connectivity index is 2.85. The van der Waals surface area contributed by atoms with Gasteiger partial charge in [-0.05, 0) is 34.7 Å². The summed E-state index contributed by atoms with van der Waals surface area (Å²) in [7, 11) is 0. The van der Waals surface area contributed by atoms with Crippen LogP contribution in [-0.4, -0.2) is 4.98 Å². The molecule has 0 fully saturated rings. The summed E-state index contributed by atoms with van der Waals surface area (Å²) in [4.78, 5) is 4.17. The predicted octanol–water partition coefficient (Wildman–Crippen LogP) is 2.35. The maximum absolute atomic E-state index is 8.73. The van der Waals surface area contributed by atoms with Gasteiger partial charge in [0.1, 0.15) is 0 Å². The molecule has 0 radical (unpaired) electrons. The molecule has 0 saturated heterocycles. The zero-order valence-corrected chi connectivity index (χ0v) is 9.39. The molecule has 1 aromatic carbocycles. The zero-order valence-electron chi connectivity index (χ0n) is 6.41. The van der Waals surface area contributed by atoms with E-state index in [-0.39, 0.29) is 0 Å². The normalized spacial score (nSPS) is 10.2. The maximum Gasteiger partial charge on any atom is 0.181 e. The van der Waals surface area contributed by atoms with Gasteiger partial charge in [-0.2, -0.15) is 5.26 Å². The summed E-state index contributed by atoms with van der Waals surface area (Å²) in [5, 5.41) is 9.27.